The number of nitrogens with one attached hydrogen (secondary N) is 1. The van der Waals surface area contributed by atoms with E-state index in [1.54, 1.807) is 0 Å². The first-order valence-electron chi connectivity index (χ1n) is 6.81. The minimum atomic E-state index is -0.734. The average Bonchev–Trinajstić information content (AvgIpc) is 2.48. The predicted octanol–water partition coefficient (Wildman–Crippen LogP) is -0.0458. The molecule has 21 heavy (non-hydrogen) atoms. The average molecular weight is 298 g/mol. The quantitative estimate of drug-likeness (QED) is 0.710. The first kappa shape index (κ1) is 15.7. The molecule has 1 aromatic carbocycles. The van der Waals surface area contributed by atoms with E-state index >= 15 is 0 Å². The molecule has 0 radical (unpaired) electrons. The molecule has 1 saturated heterocycles. The standard InChI is InChI=1S/C14H19FN2O4/c15-10-1-2-13(19)12(7-10)14(20)16-8-11(18)9-17-3-5-21-6-4-17/h1-2,7,11,18-19H,3-6,8-9H2,(H,16,20)/t11-/m1/s1. The molecular weight excluding hydrogens is 279 g/mol. The number of ether oxygens (including phenoxy) is 1. The number of rotatable bonds is 5. The van der Waals surface area contributed by atoms with Crippen molar-refractivity contribution in [2.24, 2.45) is 0 Å². The highest BCUT2D eigenvalue weighted by atomic mass is 19.1. The number of aliphatic hydroxyl groups excluding tert-OH is 1. The van der Waals surface area contributed by atoms with Gasteiger partial charge in [0.15, 0.2) is 0 Å². The number of hydrogen-bond donors (Lipinski definition) is 3. The Balaban J connectivity index is 1.81. The highest BCUT2D eigenvalue weighted by molar-refractivity contribution is 5.96. The number of phenolic OH excluding ortho intramolecular Hbond substituents is 1. The Morgan fingerprint density at radius 1 is 1.43 bits per heavy atom. The van der Waals surface area contributed by atoms with E-state index in [-0.39, 0.29) is 17.9 Å². The molecule has 1 aliphatic heterocycles. The molecule has 0 aromatic heterocycles. The van der Waals surface area contributed by atoms with Crippen LogP contribution in [0.4, 0.5) is 4.39 Å². The smallest absolute Gasteiger partial charge is 0.255 e. The number of morpholine rings is 1. The van der Waals surface area contributed by atoms with Gasteiger partial charge < -0.3 is 20.3 Å². The first-order chi connectivity index (χ1) is 10.1. The van der Waals surface area contributed by atoms with Gasteiger partial charge in [-0.1, -0.05) is 0 Å². The second-order valence-corrected chi connectivity index (χ2v) is 4.94. The maximum Gasteiger partial charge on any atom is 0.255 e. The summed E-state index contributed by atoms with van der Waals surface area (Å²) < 4.78 is 18.3. The summed E-state index contributed by atoms with van der Waals surface area (Å²) in [5.74, 6) is -1.52. The third kappa shape index (κ3) is 4.66. The molecule has 7 heteroatoms. The Hall–Kier alpha value is -1.70. The number of aromatic hydroxyl groups is 1. The van der Waals surface area contributed by atoms with Crippen LogP contribution in [0, 0.1) is 5.82 Å². The molecule has 116 valence electrons. The zero-order chi connectivity index (χ0) is 15.2. The first-order valence-corrected chi connectivity index (χ1v) is 6.81. The Morgan fingerprint density at radius 2 is 2.14 bits per heavy atom. The van der Waals surface area contributed by atoms with Crippen LogP contribution >= 0.6 is 0 Å². The summed E-state index contributed by atoms with van der Waals surface area (Å²) in [6.45, 7) is 3.22. The second kappa shape index (κ2) is 7.35. The molecule has 1 aromatic rings. The lowest BCUT2D eigenvalue weighted by molar-refractivity contribution is 0.0149. The number of nitrogens with zero attached hydrogens (tertiary/aromatic N) is 1. The van der Waals surface area contributed by atoms with Gasteiger partial charge in [0, 0.05) is 26.2 Å². The van der Waals surface area contributed by atoms with Crippen molar-refractivity contribution in [1.29, 1.82) is 0 Å². The normalized spacial score (nSPS) is 17.4. The van der Waals surface area contributed by atoms with Crippen LogP contribution in [0.5, 0.6) is 5.75 Å². The SMILES string of the molecule is O=C(NC[C@@H](O)CN1CCOCC1)c1cc(F)ccc1O. The summed E-state index contributed by atoms with van der Waals surface area (Å²) in [5, 5.41) is 21.9. The summed E-state index contributed by atoms with van der Waals surface area (Å²) in [6.07, 6.45) is -0.734. The van der Waals surface area contributed by atoms with E-state index < -0.39 is 17.8 Å². The van der Waals surface area contributed by atoms with Crippen molar-refractivity contribution in [3.8, 4) is 5.75 Å². The minimum Gasteiger partial charge on any atom is -0.507 e. The zero-order valence-corrected chi connectivity index (χ0v) is 11.6. The van der Waals surface area contributed by atoms with Crippen LogP contribution < -0.4 is 5.32 Å². The van der Waals surface area contributed by atoms with Gasteiger partial charge in [0.2, 0.25) is 0 Å². The summed E-state index contributed by atoms with van der Waals surface area (Å²) in [7, 11) is 0. The molecule has 0 bridgehead atoms. The van der Waals surface area contributed by atoms with E-state index in [1.807, 2.05) is 4.90 Å². The number of β-amino-alcohol motifs (C(OH)–C–C–N with tert-alkyl or cyclic N) is 1. The molecule has 0 spiro atoms. The third-order valence-electron chi connectivity index (χ3n) is 3.27. The molecule has 1 fully saturated rings. The summed E-state index contributed by atoms with van der Waals surface area (Å²) in [6, 6.07) is 3.15. The van der Waals surface area contributed by atoms with Gasteiger partial charge in [-0.05, 0) is 18.2 Å². The molecule has 3 N–H and O–H groups in total. The topological polar surface area (TPSA) is 82.0 Å². The molecule has 6 nitrogen and oxygen atoms in total. The number of phenols is 1. The molecule has 0 unspecified atom stereocenters. The molecule has 0 aliphatic carbocycles. The van der Waals surface area contributed by atoms with E-state index in [0.29, 0.717) is 19.8 Å². The van der Waals surface area contributed by atoms with Crippen LogP contribution in [-0.2, 0) is 4.74 Å². The van der Waals surface area contributed by atoms with Gasteiger partial charge >= 0.3 is 0 Å². The highest BCUT2D eigenvalue weighted by Gasteiger charge is 2.17. The molecule has 1 atom stereocenters. The number of carbonyl (C=O) groups excluding carboxylic acids is 1. The maximum atomic E-state index is 13.1. The van der Waals surface area contributed by atoms with Crippen LogP contribution in [0.2, 0.25) is 0 Å². The van der Waals surface area contributed by atoms with Crippen molar-refractivity contribution in [3.05, 3.63) is 29.6 Å². The highest BCUT2D eigenvalue weighted by Crippen LogP contribution is 2.17. The van der Waals surface area contributed by atoms with Crippen LogP contribution in [0.1, 0.15) is 10.4 Å². The summed E-state index contributed by atoms with van der Waals surface area (Å²) in [4.78, 5) is 13.9. The third-order valence-corrected chi connectivity index (χ3v) is 3.27. The lowest BCUT2D eigenvalue weighted by Gasteiger charge is -2.28. The molecule has 1 amide bonds. The van der Waals surface area contributed by atoms with Gasteiger partial charge in [0.05, 0.1) is 24.9 Å². The van der Waals surface area contributed by atoms with Crippen LogP contribution in [0.15, 0.2) is 18.2 Å². The number of benzene rings is 1. The Morgan fingerprint density at radius 3 is 2.86 bits per heavy atom. The fourth-order valence-corrected chi connectivity index (χ4v) is 2.14. The lowest BCUT2D eigenvalue weighted by atomic mass is 10.2. The fraction of sp³-hybridized carbons (Fsp3) is 0.500. The Bertz CT molecular complexity index is 492. The fourth-order valence-electron chi connectivity index (χ4n) is 2.14. The van der Waals surface area contributed by atoms with Gasteiger partial charge in [-0.15, -0.1) is 0 Å². The van der Waals surface area contributed by atoms with E-state index in [0.717, 1.165) is 31.3 Å². The van der Waals surface area contributed by atoms with Gasteiger partial charge in [0.25, 0.3) is 5.91 Å². The largest absolute Gasteiger partial charge is 0.507 e. The molecule has 1 heterocycles. The van der Waals surface area contributed by atoms with E-state index in [2.05, 4.69) is 5.32 Å². The van der Waals surface area contributed by atoms with Crippen molar-refractivity contribution < 1.29 is 24.1 Å². The van der Waals surface area contributed by atoms with E-state index in [4.69, 9.17) is 4.74 Å². The van der Waals surface area contributed by atoms with E-state index in [1.165, 1.54) is 0 Å². The number of carbonyl (C=O) groups is 1. The summed E-state index contributed by atoms with van der Waals surface area (Å²) >= 11 is 0. The number of halogens is 1. The van der Waals surface area contributed by atoms with Crippen molar-refractivity contribution in [2.45, 2.75) is 6.10 Å². The number of aliphatic hydroxyl groups is 1. The van der Waals surface area contributed by atoms with Crippen LogP contribution in [-0.4, -0.2) is 66.5 Å². The van der Waals surface area contributed by atoms with Crippen molar-refractivity contribution >= 4 is 5.91 Å². The number of amides is 1. The van der Waals surface area contributed by atoms with Crippen LogP contribution in [0.25, 0.3) is 0 Å². The molecule has 0 saturated carbocycles. The van der Waals surface area contributed by atoms with Gasteiger partial charge in [-0.25, -0.2) is 4.39 Å². The lowest BCUT2D eigenvalue weighted by Crippen LogP contribution is -2.44. The predicted molar refractivity (Wildman–Crippen MR) is 73.7 cm³/mol. The zero-order valence-electron chi connectivity index (χ0n) is 11.6. The van der Waals surface area contributed by atoms with Gasteiger partial charge in [0.1, 0.15) is 11.6 Å². The summed E-state index contributed by atoms with van der Waals surface area (Å²) in [5.41, 5.74) is -0.145. The van der Waals surface area contributed by atoms with E-state index in [9.17, 15) is 19.4 Å². The van der Waals surface area contributed by atoms with Crippen LogP contribution in [0.3, 0.4) is 0 Å². The van der Waals surface area contributed by atoms with Crippen molar-refractivity contribution in [3.63, 3.8) is 0 Å². The monoisotopic (exact) mass is 298 g/mol. The maximum absolute atomic E-state index is 13.1. The molecule has 1 aliphatic rings. The van der Waals surface area contributed by atoms with Crippen molar-refractivity contribution in [1.82, 2.24) is 10.2 Å². The Kier molecular flexibility index (Phi) is 5.49. The van der Waals surface area contributed by atoms with Gasteiger partial charge in [-0.2, -0.15) is 0 Å². The second-order valence-electron chi connectivity index (χ2n) is 4.94. The molecular formula is C14H19FN2O4. The number of hydrogen-bond acceptors (Lipinski definition) is 5. The Labute approximate surface area is 122 Å². The van der Waals surface area contributed by atoms with Gasteiger partial charge in [-0.3, -0.25) is 9.69 Å². The van der Waals surface area contributed by atoms with Crippen molar-refractivity contribution in [2.75, 3.05) is 39.4 Å². The minimum absolute atomic E-state index is 0.0339. The molecule has 2 rings (SSSR count).